The van der Waals surface area contributed by atoms with Gasteiger partial charge in [-0.1, -0.05) is 40.6 Å². The molecule has 30 heavy (non-hydrogen) atoms. The minimum atomic E-state index is -0.0989. The lowest BCUT2D eigenvalue weighted by atomic mass is 10.1. The molecule has 0 N–H and O–H groups in total. The van der Waals surface area contributed by atoms with Crippen molar-refractivity contribution in [2.45, 2.75) is 38.6 Å². The van der Waals surface area contributed by atoms with Gasteiger partial charge in [0.05, 0.1) is 6.04 Å². The van der Waals surface area contributed by atoms with Gasteiger partial charge in [-0.05, 0) is 49.9 Å². The summed E-state index contributed by atoms with van der Waals surface area (Å²) in [5, 5.41) is 7.88. The number of likely N-dealkylation sites (tertiary alicyclic amines) is 1. The second kappa shape index (κ2) is 7.74. The first kappa shape index (κ1) is 18.5. The molecular weight excluding hydrogens is 380 g/mol. The second-order valence-corrected chi connectivity index (χ2v) is 7.67. The third kappa shape index (κ3) is 3.47. The van der Waals surface area contributed by atoms with Crippen LogP contribution in [0, 0.1) is 6.92 Å². The van der Waals surface area contributed by atoms with Crippen molar-refractivity contribution in [1.29, 1.82) is 0 Å². The summed E-state index contributed by atoms with van der Waals surface area (Å²) in [6.45, 7) is 2.54. The van der Waals surface area contributed by atoms with Gasteiger partial charge in [-0.3, -0.25) is 4.79 Å². The molecule has 2 aromatic heterocycles. The number of aryl methyl sites for hydroxylation is 3. The topological polar surface area (TPSA) is 85.3 Å². The predicted molar refractivity (Wildman–Crippen MR) is 110 cm³/mol. The molecule has 1 aliphatic rings. The van der Waals surface area contributed by atoms with E-state index in [9.17, 15) is 4.79 Å². The number of hydrogen-bond donors (Lipinski definition) is 0. The Kier molecular flexibility index (Phi) is 4.78. The van der Waals surface area contributed by atoms with E-state index in [1.807, 2.05) is 42.2 Å². The van der Waals surface area contributed by atoms with Crippen molar-refractivity contribution in [2.24, 2.45) is 0 Å². The summed E-state index contributed by atoms with van der Waals surface area (Å²) < 4.78 is 10.7. The average Bonchev–Trinajstić information content (AvgIpc) is 3.50. The molecule has 1 atom stereocenters. The van der Waals surface area contributed by atoms with Crippen LogP contribution in [-0.4, -0.2) is 32.6 Å². The highest BCUT2D eigenvalue weighted by molar-refractivity contribution is 5.97. The summed E-state index contributed by atoms with van der Waals surface area (Å²) in [4.78, 5) is 19.7. The molecule has 0 spiro atoms. The fraction of sp³-hybridized carbons (Fsp3) is 0.304. The molecule has 4 aromatic rings. The molecule has 1 unspecified atom stereocenters. The Labute approximate surface area is 173 Å². The zero-order chi connectivity index (χ0) is 20.5. The van der Waals surface area contributed by atoms with Gasteiger partial charge in [0.1, 0.15) is 16.9 Å². The molecule has 0 bridgehead atoms. The van der Waals surface area contributed by atoms with E-state index < -0.39 is 0 Å². The Balaban J connectivity index is 1.35. The van der Waals surface area contributed by atoms with Gasteiger partial charge in [-0.15, -0.1) is 0 Å². The number of carbonyl (C=O) groups is 1. The molecule has 1 aliphatic heterocycles. The Morgan fingerprint density at radius 1 is 1.13 bits per heavy atom. The summed E-state index contributed by atoms with van der Waals surface area (Å²) >= 11 is 0. The van der Waals surface area contributed by atoms with Gasteiger partial charge in [-0.2, -0.15) is 0 Å². The molecule has 3 heterocycles. The monoisotopic (exact) mass is 402 g/mol. The van der Waals surface area contributed by atoms with Gasteiger partial charge in [0.2, 0.25) is 0 Å². The lowest BCUT2D eigenvalue weighted by Crippen LogP contribution is -2.31. The van der Waals surface area contributed by atoms with Crippen LogP contribution in [0.25, 0.3) is 11.1 Å². The van der Waals surface area contributed by atoms with E-state index in [4.69, 9.17) is 9.05 Å². The molecule has 2 aromatic carbocycles. The zero-order valence-electron chi connectivity index (χ0n) is 16.7. The van der Waals surface area contributed by atoms with Gasteiger partial charge in [0, 0.05) is 18.5 Å². The molecule has 5 rings (SSSR count). The molecule has 152 valence electrons. The lowest BCUT2D eigenvalue weighted by molar-refractivity contribution is 0.0730. The summed E-state index contributed by atoms with van der Waals surface area (Å²) in [5.41, 5.74) is 4.73. The maximum Gasteiger partial charge on any atom is 0.254 e. The molecule has 1 amide bonds. The first-order valence-electron chi connectivity index (χ1n) is 10.2. The van der Waals surface area contributed by atoms with E-state index >= 15 is 0 Å². The molecule has 0 saturated carbocycles. The zero-order valence-corrected chi connectivity index (χ0v) is 16.7. The first-order valence-corrected chi connectivity index (χ1v) is 10.2. The van der Waals surface area contributed by atoms with Crippen LogP contribution in [0.1, 0.15) is 52.1 Å². The van der Waals surface area contributed by atoms with Gasteiger partial charge >= 0.3 is 0 Å². The van der Waals surface area contributed by atoms with Crippen molar-refractivity contribution in [2.75, 3.05) is 6.54 Å². The van der Waals surface area contributed by atoms with Crippen molar-refractivity contribution in [3.05, 3.63) is 76.9 Å². The smallest absolute Gasteiger partial charge is 0.254 e. The van der Waals surface area contributed by atoms with E-state index in [0.717, 1.165) is 30.7 Å². The summed E-state index contributed by atoms with van der Waals surface area (Å²) in [7, 11) is 0. The number of oxazole rings is 1. The molecule has 1 fully saturated rings. The highest BCUT2D eigenvalue weighted by Gasteiger charge is 2.34. The fourth-order valence-electron chi connectivity index (χ4n) is 4.11. The van der Waals surface area contributed by atoms with Crippen molar-refractivity contribution in [3.8, 4) is 0 Å². The van der Waals surface area contributed by atoms with E-state index in [-0.39, 0.29) is 11.9 Å². The van der Waals surface area contributed by atoms with E-state index in [1.165, 1.54) is 5.56 Å². The van der Waals surface area contributed by atoms with E-state index in [2.05, 4.69) is 27.4 Å². The van der Waals surface area contributed by atoms with Crippen molar-refractivity contribution in [3.63, 3.8) is 0 Å². The highest BCUT2D eigenvalue weighted by atomic mass is 16.6. The molecule has 0 aliphatic carbocycles. The molecule has 7 heteroatoms. The van der Waals surface area contributed by atoms with Crippen LogP contribution in [-0.2, 0) is 12.8 Å². The fourth-order valence-corrected chi connectivity index (χ4v) is 4.11. The van der Waals surface area contributed by atoms with Crippen LogP contribution in [0.15, 0.2) is 57.6 Å². The normalized spacial score (nSPS) is 16.4. The van der Waals surface area contributed by atoms with Crippen LogP contribution in [0.4, 0.5) is 0 Å². The predicted octanol–water partition coefficient (Wildman–Crippen LogP) is 4.28. The van der Waals surface area contributed by atoms with Crippen LogP contribution in [0.5, 0.6) is 0 Å². The Hall–Kier alpha value is -3.48. The van der Waals surface area contributed by atoms with Crippen molar-refractivity contribution < 1.29 is 13.8 Å². The van der Waals surface area contributed by atoms with Crippen molar-refractivity contribution >= 4 is 17.0 Å². The standard InChI is InChI=1S/C23H22N4O3/c1-15-22(26-30-25-15)19-8-5-13-27(19)23(28)17-10-11-20-18(14-17)24-21(29-20)12-9-16-6-3-2-4-7-16/h2-4,6-7,10-11,14,19H,5,8-9,12-13H2,1H3. The largest absolute Gasteiger partial charge is 0.441 e. The van der Waals surface area contributed by atoms with Crippen molar-refractivity contribution in [1.82, 2.24) is 20.2 Å². The van der Waals surface area contributed by atoms with Gasteiger partial charge < -0.3 is 9.32 Å². The highest BCUT2D eigenvalue weighted by Crippen LogP contribution is 2.33. The van der Waals surface area contributed by atoms with E-state index in [0.29, 0.717) is 35.5 Å². The maximum atomic E-state index is 13.2. The number of nitrogens with zero attached hydrogens (tertiary/aromatic N) is 4. The Morgan fingerprint density at radius 3 is 2.80 bits per heavy atom. The number of rotatable bonds is 5. The quantitative estimate of drug-likeness (QED) is 0.495. The summed E-state index contributed by atoms with van der Waals surface area (Å²) in [5.74, 6) is 0.650. The number of amides is 1. The second-order valence-electron chi connectivity index (χ2n) is 7.67. The third-order valence-corrected chi connectivity index (χ3v) is 5.67. The molecule has 0 radical (unpaired) electrons. The third-order valence-electron chi connectivity index (χ3n) is 5.67. The number of benzene rings is 2. The summed E-state index contributed by atoms with van der Waals surface area (Å²) in [6, 6.07) is 15.6. The van der Waals surface area contributed by atoms with Crippen LogP contribution < -0.4 is 0 Å². The lowest BCUT2D eigenvalue weighted by Gasteiger charge is -2.23. The van der Waals surface area contributed by atoms with Gasteiger partial charge in [-0.25, -0.2) is 9.61 Å². The van der Waals surface area contributed by atoms with Crippen LogP contribution >= 0.6 is 0 Å². The first-order chi connectivity index (χ1) is 14.7. The van der Waals surface area contributed by atoms with E-state index in [1.54, 1.807) is 6.07 Å². The molecular formula is C23H22N4O3. The summed E-state index contributed by atoms with van der Waals surface area (Å²) in [6.07, 6.45) is 3.36. The van der Waals surface area contributed by atoms with Gasteiger partial charge in [0.15, 0.2) is 11.5 Å². The van der Waals surface area contributed by atoms with Crippen LogP contribution in [0.3, 0.4) is 0 Å². The Bertz CT molecular complexity index is 1180. The number of carbonyl (C=O) groups excluding carboxylic acids is 1. The van der Waals surface area contributed by atoms with Gasteiger partial charge in [0.25, 0.3) is 5.91 Å². The number of hydrogen-bond acceptors (Lipinski definition) is 6. The Morgan fingerprint density at radius 2 is 2.00 bits per heavy atom. The number of fused-ring (bicyclic) bond motifs is 1. The van der Waals surface area contributed by atoms with Crippen LogP contribution in [0.2, 0.25) is 0 Å². The molecule has 7 nitrogen and oxygen atoms in total. The SMILES string of the molecule is Cc1nonc1C1CCCN1C(=O)c1ccc2oc(CCc3ccccc3)nc2c1. The minimum Gasteiger partial charge on any atom is -0.441 e. The minimum absolute atomic E-state index is 0.0318. The molecule has 1 saturated heterocycles. The maximum absolute atomic E-state index is 13.2. The average molecular weight is 402 g/mol. The number of aromatic nitrogens is 3.